The molecule has 0 aliphatic heterocycles. The van der Waals surface area contributed by atoms with Gasteiger partial charge in [-0.3, -0.25) is 4.79 Å². The number of hydrogen-bond acceptors (Lipinski definition) is 3. The van der Waals surface area contributed by atoms with E-state index >= 15 is 0 Å². The minimum atomic E-state index is -0.437. The van der Waals surface area contributed by atoms with E-state index in [2.05, 4.69) is 24.1 Å². The van der Waals surface area contributed by atoms with Gasteiger partial charge in [0.25, 0.3) is 5.91 Å². The lowest BCUT2D eigenvalue weighted by atomic mass is 9.87. The number of nitrogens with one attached hydrogen (secondary N) is 2. The molecular weight excluding hydrogens is 352 g/mol. The third-order valence-electron chi connectivity index (χ3n) is 6.39. The number of aromatic nitrogens is 1. The standard InChI is InChI=1S/C23H30N2O3/c1-14-3-7-17(8-4-14)24-22(26)13-28-23(27)16-6-10-21-19(12-16)18-11-15(2)5-9-20(18)25-21/h6,10,12,14-15,17,25H,3-5,7-9,11,13H2,1-2H3,(H,24,26)/t14?,15-,17?/m1/s1. The van der Waals surface area contributed by atoms with E-state index in [0.717, 1.165) is 55.3 Å². The Hall–Kier alpha value is -2.30. The van der Waals surface area contributed by atoms with E-state index in [4.69, 9.17) is 4.74 Å². The van der Waals surface area contributed by atoms with Gasteiger partial charge in [0, 0.05) is 22.6 Å². The van der Waals surface area contributed by atoms with Gasteiger partial charge in [0.1, 0.15) is 0 Å². The van der Waals surface area contributed by atoms with Crippen LogP contribution in [0.25, 0.3) is 10.9 Å². The van der Waals surface area contributed by atoms with Gasteiger partial charge in [-0.1, -0.05) is 13.8 Å². The number of hydrogen-bond donors (Lipinski definition) is 2. The minimum absolute atomic E-state index is 0.207. The fourth-order valence-corrected chi connectivity index (χ4v) is 4.61. The summed E-state index contributed by atoms with van der Waals surface area (Å²) in [5, 5.41) is 4.10. The van der Waals surface area contributed by atoms with Crippen molar-refractivity contribution >= 4 is 22.8 Å². The van der Waals surface area contributed by atoms with Crippen LogP contribution in [0.4, 0.5) is 0 Å². The van der Waals surface area contributed by atoms with Crippen LogP contribution in [0, 0.1) is 11.8 Å². The topological polar surface area (TPSA) is 71.2 Å². The van der Waals surface area contributed by atoms with Crippen LogP contribution < -0.4 is 5.32 Å². The lowest BCUT2D eigenvalue weighted by Gasteiger charge is -2.26. The van der Waals surface area contributed by atoms with E-state index in [1.807, 2.05) is 12.1 Å². The molecule has 5 heteroatoms. The molecule has 0 unspecified atom stereocenters. The molecule has 2 aliphatic carbocycles. The molecule has 2 aromatic rings. The van der Waals surface area contributed by atoms with E-state index in [1.54, 1.807) is 6.07 Å². The van der Waals surface area contributed by atoms with Crippen molar-refractivity contribution < 1.29 is 14.3 Å². The predicted octanol–water partition coefficient (Wildman–Crippen LogP) is 4.14. The van der Waals surface area contributed by atoms with Crippen molar-refractivity contribution in [3.8, 4) is 0 Å². The molecule has 0 radical (unpaired) electrons. The van der Waals surface area contributed by atoms with Crippen LogP contribution in [-0.4, -0.2) is 29.5 Å². The van der Waals surface area contributed by atoms with Crippen LogP contribution in [0.15, 0.2) is 18.2 Å². The van der Waals surface area contributed by atoms with Crippen molar-refractivity contribution in [2.24, 2.45) is 11.8 Å². The molecular formula is C23H30N2O3. The molecule has 1 amide bonds. The van der Waals surface area contributed by atoms with Crippen LogP contribution in [0.2, 0.25) is 0 Å². The van der Waals surface area contributed by atoms with Gasteiger partial charge >= 0.3 is 5.97 Å². The molecule has 1 saturated carbocycles. The summed E-state index contributed by atoms with van der Waals surface area (Å²) >= 11 is 0. The first kappa shape index (κ1) is 19.0. The molecule has 0 saturated heterocycles. The Morgan fingerprint density at radius 3 is 2.68 bits per heavy atom. The molecule has 0 bridgehead atoms. The van der Waals surface area contributed by atoms with E-state index in [-0.39, 0.29) is 18.6 Å². The summed E-state index contributed by atoms with van der Waals surface area (Å²) < 4.78 is 5.28. The van der Waals surface area contributed by atoms with Gasteiger partial charge in [-0.2, -0.15) is 0 Å². The number of fused-ring (bicyclic) bond motifs is 3. The first-order chi connectivity index (χ1) is 13.5. The van der Waals surface area contributed by atoms with Gasteiger partial charge in [-0.05, 0) is 80.5 Å². The van der Waals surface area contributed by atoms with E-state index in [1.165, 1.54) is 17.7 Å². The molecule has 1 atom stereocenters. The monoisotopic (exact) mass is 382 g/mol. The highest BCUT2D eigenvalue weighted by Gasteiger charge is 2.22. The molecule has 1 heterocycles. The molecule has 2 aliphatic rings. The minimum Gasteiger partial charge on any atom is -0.452 e. The van der Waals surface area contributed by atoms with Crippen molar-refractivity contribution in [1.82, 2.24) is 10.3 Å². The van der Waals surface area contributed by atoms with E-state index < -0.39 is 5.97 Å². The Kier molecular flexibility index (Phi) is 5.42. The van der Waals surface area contributed by atoms with Gasteiger partial charge in [0.05, 0.1) is 5.56 Å². The molecule has 150 valence electrons. The molecule has 28 heavy (non-hydrogen) atoms. The largest absolute Gasteiger partial charge is 0.452 e. The quantitative estimate of drug-likeness (QED) is 0.781. The van der Waals surface area contributed by atoms with Crippen molar-refractivity contribution in [1.29, 1.82) is 0 Å². The zero-order valence-electron chi connectivity index (χ0n) is 16.8. The summed E-state index contributed by atoms with van der Waals surface area (Å²) in [5.74, 6) is 0.756. The Labute approximate surface area is 166 Å². The highest BCUT2D eigenvalue weighted by molar-refractivity contribution is 5.97. The predicted molar refractivity (Wildman–Crippen MR) is 109 cm³/mol. The Bertz CT molecular complexity index is 877. The summed E-state index contributed by atoms with van der Waals surface area (Å²) in [6.07, 6.45) is 7.60. The van der Waals surface area contributed by atoms with Crippen LogP contribution in [0.3, 0.4) is 0 Å². The Morgan fingerprint density at radius 2 is 1.89 bits per heavy atom. The van der Waals surface area contributed by atoms with Gasteiger partial charge in [0.2, 0.25) is 0 Å². The highest BCUT2D eigenvalue weighted by Crippen LogP contribution is 2.32. The van der Waals surface area contributed by atoms with Crippen molar-refractivity contribution in [3.05, 3.63) is 35.0 Å². The summed E-state index contributed by atoms with van der Waals surface area (Å²) in [5.41, 5.74) is 4.19. The normalized spacial score (nSPS) is 24.6. The second-order valence-corrected chi connectivity index (χ2v) is 8.79. The van der Waals surface area contributed by atoms with E-state index in [0.29, 0.717) is 11.5 Å². The number of aryl methyl sites for hydroxylation is 1. The van der Waals surface area contributed by atoms with Crippen molar-refractivity contribution in [2.75, 3.05) is 6.61 Å². The van der Waals surface area contributed by atoms with Gasteiger partial charge in [-0.15, -0.1) is 0 Å². The van der Waals surface area contributed by atoms with E-state index in [9.17, 15) is 9.59 Å². The maximum Gasteiger partial charge on any atom is 0.338 e. The molecule has 1 aromatic heterocycles. The maximum atomic E-state index is 12.5. The number of carbonyl (C=O) groups is 2. The number of carbonyl (C=O) groups excluding carboxylic acids is 2. The Morgan fingerprint density at radius 1 is 1.11 bits per heavy atom. The van der Waals surface area contributed by atoms with Gasteiger partial charge < -0.3 is 15.0 Å². The first-order valence-corrected chi connectivity index (χ1v) is 10.6. The number of esters is 1. The number of aromatic amines is 1. The zero-order chi connectivity index (χ0) is 19.7. The lowest BCUT2D eigenvalue weighted by Crippen LogP contribution is -2.39. The fraction of sp³-hybridized carbons (Fsp3) is 0.565. The SMILES string of the molecule is CC1CCC(NC(=O)COC(=O)c2ccc3[nH]c4c(c3c2)C[C@H](C)CC4)CC1. The van der Waals surface area contributed by atoms with Crippen LogP contribution in [0.1, 0.15) is 67.6 Å². The van der Waals surface area contributed by atoms with Crippen LogP contribution in [-0.2, 0) is 22.4 Å². The number of ether oxygens (including phenoxy) is 1. The maximum absolute atomic E-state index is 12.5. The molecule has 1 aromatic carbocycles. The van der Waals surface area contributed by atoms with Crippen molar-refractivity contribution in [3.63, 3.8) is 0 Å². The fourth-order valence-electron chi connectivity index (χ4n) is 4.61. The first-order valence-electron chi connectivity index (χ1n) is 10.6. The summed E-state index contributed by atoms with van der Waals surface area (Å²) in [4.78, 5) is 28.1. The number of rotatable bonds is 4. The Balaban J connectivity index is 1.37. The summed E-state index contributed by atoms with van der Waals surface area (Å²) in [7, 11) is 0. The van der Waals surface area contributed by atoms with Crippen molar-refractivity contribution in [2.45, 2.75) is 64.8 Å². The summed E-state index contributed by atoms with van der Waals surface area (Å²) in [6.45, 7) is 4.30. The molecule has 5 nitrogen and oxygen atoms in total. The summed E-state index contributed by atoms with van der Waals surface area (Å²) in [6, 6.07) is 5.84. The lowest BCUT2D eigenvalue weighted by molar-refractivity contribution is -0.125. The molecule has 2 N–H and O–H groups in total. The zero-order valence-corrected chi connectivity index (χ0v) is 16.8. The third kappa shape index (κ3) is 4.08. The second kappa shape index (κ2) is 7.98. The molecule has 0 spiro atoms. The average Bonchev–Trinajstić information content (AvgIpc) is 3.05. The van der Waals surface area contributed by atoms with Crippen LogP contribution in [0.5, 0.6) is 0 Å². The second-order valence-electron chi connectivity index (χ2n) is 8.79. The molecule has 4 rings (SSSR count). The number of amides is 1. The van der Waals surface area contributed by atoms with Gasteiger partial charge in [0.15, 0.2) is 6.61 Å². The third-order valence-corrected chi connectivity index (χ3v) is 6.39. The highest BCUT2D eigenvalue weighted by atomic mass is 16.5. The number of H-pyrrole nitrogens is 1. The number of benzene rings is 1. The van der Waals surface area contributed by atoms with Crippen LogP contribution >= 0.6 is 0 Å². The molecule has 1 fully saturated rings. The average molecular weight is 383 g/mol. The smallest absolute Gasteiger partial charge is 0.338 e. The van der Waals surface area contributed by atoms with Gasteiger partial charge in [-0.25, -0.2) is 4.79 Å².